The molecule has 98 valence electrons. The van der Waals surface area contributed by atoms with E-state index >= 15 is 0 Å². The molecule has 17 heavy (non-hydrogen) atoms. The molecule has 0 saturated carbocycles. The number of carbonyl (C=O) groups excluding carboxylic acids is 1. The van der Waals surface area contributed by atoms with Crippen molar-refractivity contribution >= 4 is 11.9 Å². The molecule has 0 bridgehead atoms. The van der Waals surface area contributed by atoms with Crippen LogP contribution in [0.2, 0.25) is 0 Å². The van der Waals surface area contributed by atoms with Crippen LogP contribution in [0.25, 0.3) is 0 Å². The third-order valence-electron chi connectivity index (χ3n) is 2.30. The van der Waals surface area contributed by atoms with Gasteiger partial charge in [0.2, 0.25) is 0 Å². The SMILES string of the molecule is COC(=O)C(CC(C)C)NC/C=C(/C)C(=O)O. The Morgan fingerprint density at radius 3 is 2.41 bits per heavy atom. The molecule has 0 radical (unpaired) electrons. The first-order valence-corrected chi connectivity index (χ1v) is 5.59. The molecule has 0 heterocycles. The summed E-state index contributed by atoms with van der Waals surface area (Å²) in [6, 6.07) is -0.391. The van der Waals surface area contributed by atoms with Gasteiger partial charge in [0, 0.05) is 12.1 Å². The molecule has 2 N–H and O–H groups in total. The number of esters is 1. The van der Waals surface area contributed by atoms with E-state index in [0.29, 0.717) is 18.9 Å². The van der Waals surface area contributed by atoms with Crippen LogP contribution in [-0.2, 0) is 14.3 Å². The third kappa shape index (κ3) is 6.73. The van der Waals surface area contributed by atoms with Gasteiger partial charge in [-0.2, -0.15) is 0 Å². The van der Waals surface area contributed by atoms with Crippen molar-refractivity contribution < 1.29 is 19.4 Å². The minimum absolute atomic E-state index is 0.255. The van der Waals surface area contributed by atoms with Crippen molar-refractivity contribution in [3.63, 3.8) is 0 Å². The molecule has 1 unspecified atom stereocenters. The van der Waals surface area contributed by atoms with Crippen molar-refractivity contribution in [3.05, 3.63) is 11.6 Å². The van der Waals surface area contributed by atoms with Crippen LogP contribution >= 0.6 is 0 Å². The highest BCUT2D eigenvalue weighted by Crippen LogP contribution is 2.06. The number of hydrogen-bond donors (Lipinski definition) is 2. The van der Waals surface area contributed by atoms with E-state index < -0.39 is 12.0 Å². The lowest BCUT2D eigenvalue weighted by atomic mass is 10.0. The second kappa shape index (κ2) is 7.84. The Morgan fingerprint density at radius 1 is 1.41 bits per heavy atom. The molecule has 0 aromatic rings. The lowest BCUT2D eigenvalue weighted by molar-refractivity contribution is -0.143. The fourth-order valence-electron chi connectivity index (χ4n) is 1.32. The molecule has 0 spiro atoms. The first-order chi connectivity index (χ1) is 7.88. The van der Waals surface area contributed by atoms with Crippen molar-refractivity contribution in [2.24, 2.45) is 5.92 Å². The summed E-state index contributed by atoms with van der Waals surface area (Å²) < 4.78 is 4.68. The fourth-order valence-corrected chi connectivity index (χ4v) is 1.32. The van der Waals surface area contributed by atoms with E-state index in [2.05, 4.69) is 10.1 Å². The lowest BCUT2D eigenvalue weighted by Gasteiger charge is -2.17. The van der Waals surface area contributed by atoms with Gasteiger partial charge in [-0.25, -0.2) is 4.79 Å². The van der Waals surface area contributed by atoms with E-state index in [1.807, 2.05) is 13.8 Å². The molecule has 0 aliphatic carbocycles. The molecule has 0 fully saturated rings. The number of carbonyl (C=O) groups is 2. The highest BCUT2D eigenvalue weighted by Gasteiger charge is 2.19. The molecule has 0 rings (SSSR count). The van der Waals surface area contributed by atoms with Gasteiger partial charge in [0.1, 0.15) is 6.04 Å². The summed E-state index contributed by atoms with van der Waals surface area (Å²) >= 11 is 0. The van der Waals surface area contributed by atoms with Crippen molar-refractivity contribution in [1.82, 2.24) is 5.32 Å². The average Bonchev–Trinajstić information content (AvgIpc) is 2.25. The highest BCUT2D eigenvalue weighted by atomic mass is 16.5. The van der Waals surface area contributed by atoms with Gasteiger partial charge in [-0.05, 0) is 19.3 Å². The Labute approximate surface area is 102 Å². The average molecular weight is 243 g/mol. The van der Waals surface area contributed by atoms with Gasteiger partial charge in [0.15, 0.2) is 0 Å². The Bertz CT molecular complexity index is 297. The number of aliphatic carboxylic acids is 1. The van der Waals surface area contributed by atoms with E-state index in [-0.39, 0.29) is 11.5 Å². The van der Waals surface area contributed by atoms with Crippen LogP contribution < -0.4 is 5.32 Å². The van der Waals surface area contributed by atoms with Crippen LogP contribution in [0.3, 0.4) is 0 Å². The summed E-state index contributed by atoms with van der Waals surface area (Å²) in [5.41, 5.74) is 0.255. The molecular formula is C12H21NO4. The van der Waals surface area contributed by atoms with Gasteiger partial charge in [-0.1, -0.05) is 19.9 Å². The number of ether oxygens (including phenoxy) is 1. The third-order valence-corrected chi connectivity index (χ3v) is 2.30. The van der Waals surface area contributed by atoms with Gasteiger partial charge >= 0.3 is 11.9 Å². The summed E-state index contributed by atoms with van der Waals surface area (Å²) in [7, 11) is 1.34. The molecule has 0 aliphatic heterocycles. The molecule has 5 heteroatoms. The van der Waals surface area contributed by atoms with E-state index in [0.717, 1.165) is 0 Å². The summed E-state index contributed by atoms with van der Waals surface area (Å²) in [5, 5.41) is 11.6. The molecule has 5 nitrogen and oxygen atoms in total. The Kier molecular flexibility index (Phi) is 7.21. The molecule has 0 amide bonds. The minimum atomic E-state index is -0.953. The van der Waals surface area contributed by atoms with Gasteiger partial charge in [-0.3, -0.25) is 4.79 Å². The Morgan fingerprint density at radius 2 is 2.00 bits per heavy atom. The van der Waals surface area contributed by atoms with Crippen molar-refractivity contribution in [3.8, 4) is 0 Å². The second-order valence-electron chi connectivity index (χ2n) is 4.31. The van der Waals surface area contributed by atoms with Crippen LogP contribution in [0.1, 0.15) is 27.2 Å². The van der Waals surface area contributed by atoms with Gasteiger partial charge in [0.25, 0.3) is 0 Å². The number of rotatable bonds is 7. The smallest absolute Gasteiger partial charge is 0.330 e. The van der Waals surface area contributed by atoms with Crippen LogP contribution in [0.5, 0.6) is 0 Å². The highest BCUT2D eigenvalue weighted by molar-refractivity contribution is 5.85. The normalized spacial score (nSPS) is 13.6. The summed E-state index contributed by atoms with van der Waals surface area (Å²) in [6.07, 6.45) is 2.20. The fraction of sp³-hybridized carbons (Fsp3) is 0.667. The van der Waals surface area contributed by atoms with Crippen molar-refractivity contribution in [2.45, 2.75) is 33.2 Å². The molecule has 0 aliphatic rings. The summed E-state index contributed by atoms with van der Waals surface area (Å²) in [6.45, 7) is 5.87. The standard InChI is InChI=1S/C12H21NO4/c1-8(2)7-10(12(16)17-4)13-6-5-9(3)11(14)15/h5,8,10,13H,6-7H2,1-4H3,(H,14,15)/b9-5-. The van der Waals surface area contributed by atoms with E-state index in [1.165, 1.54) is 14.0 Å². The van der Waals surface area contributed by atoms with Gasteiger partial charge in [0.05, 0.1) is 7.11 Å². The predicted octanol–water partition coefficient (Wildman–Crippen LogP) is 1.19. The van der Waals surface area contributed by atoms with Crippen LogP contribution in [0.4, 0.5) is 0 Å². The zero-order valence-corrected chi connectivity index (χ0v) is 10.8. The van der Waals surface area contributed by atoms with E-state index in [9.17, 15) is 9.59 Å². The van der Waals surface area contributed by atoms with Gasteiger partial charge in [-0.15, -0.1) is 0 Å². The van der Waals surface area contributed by atoms with Crippen LogP contribution in [0.15, 0.2) is 11.6 Å². The Balaban J connectivity index is 4.31. The minimum Gasteiger partial charge on any atom is -0.478 e. The molecule has 1 atom stereocenters. The predicted molar refractivity (Wildman–Crippen MR) is 64.7 cm³/mol. The van der Waals surface area contributed by atoms with E-state index in [1.54, 1.807) is 6.08 Å². The van der Waals surface area contributed by atoms with Gasteiger partial charge < -0.3 is 15.2 Å². The molecule has 0 saturated heterocycles. The zero-order chi connectivity index (χ0) is 13.4. The van der Waals surface area contributed by atoms with Crippen molar-refractivity contribution in [2.75, 3.05) is 13.7 Å². The maximum atomic E-state index is 11.4. The number of hydrogen-bond acceptors (Lipinski definition) is 4. The van der Waals surface area contributed by atoms with Crippen molar-refractivity contribution in [1.29, 1.82) is 0 Å². The summed E-state index contributed by atoms with van der Waals surface area (Å²) in [5.74, 6) is -0.915. The number of carboxylic acid groups (broad SMARTS) is 1. The topological polar surface area (TPSA) is 75.6 Å². The van der Waals surface area contributed by atoms with E-state index in [4.69, 9.17) is 5.11 Å². The number of methoxy groups -OCH3 is 1. The monoisotopic (exact) mass is 243 g/mol. The Hall–Kier alpha value is -1.36. The first-order valence-electron chi connectivity index (χ1n) is 5.59. The maximum Gasteiger partial charge on any atom is 0.330 e. The molecule has 0 aromatic carbocycles. The molecular weight excluding hydrogens is 222 g/mol. The van der Waals surface area contributed by atoms with Crippen LogP contribution in [0, 0.1) is 5.92 Å². The summed E-state index contributed by atoms with van der Waals surface area (Å²) in [4.78, 5) is 22.0. The maximum absolute atomic E-state index is 11.4. The zero-order valence-electron chi connectivity index (χ0n) is 10.8. The van der Waals surface area contributed by atoms with Crippen LogP contribution in [-0.4, -0.2) is 36.7 Å². The lowest BCUT2D eigenvalue weighted by Crippen LogP contribution is -2.38. The largest absolute Gasteiger partial charge is 0.478 e. The number of carboxylic acids is 1. The quantitative estimate of drug-likeness (QED) is 0.519. The number of nitrogens with one attached hydrogen (secondary N) is 1. The molecule has 0 aromatic heterocycles. The second-order valence-corrected chi connectivity index (χ2v) is 4.31. The first kappa shape index (κ1) is 15.6.